The van der Waals surface area contributed by atoms with Crippen LogP contribution in [0.4, 0.5) is 0 Å². The molecule has 0 N–H and O–H groups in total. The fraction of sp³-hybridized carbons (Fsp3) is 0.250. The molecule has 3 heteroatoms. The van der Waals surface area contributed by atoms with Crippen LogP contribution >= 0.6 is 0 Å². The van der Waals surface area contributed by atoms with Gasteiger partial charge in [0.2, 0.25) is 0 Å². The molecule has 0 aromatic heterocycles. The summed E-state index contributed by atoms with van der Waals surface area (Å²) in [6, 6.07) is 4.01. The second kappa shape index (κ2) is 4.34. The molecule has 0 heterocycles. The van der Waals surface area contributed by atoms with Crippen LogP contribution in [0.3, 0.4) is 0 Å². The number of rotatable bonds is 0. The normalized spacial score (nSPS) is 8.91. The summed E-state index contributed by atoms with van der Waals surface area (Å²) in [4.78, 5) is 1.66. The topological polar surface area (TPSA) is 0 Å². The van der Waals surface area contributed by atoms with Crippen molar-refractivity contribution in [2.75, 3.05) is 0 Å². The van der Waals surface area contributed by atoms with Crippen LogP contribution in [0.5, 0.6) is 0 Å². The second-order valence-corrected chi connectivity index (χ2v) is 3.17. The molecule has 0 aliphatic rings. The molecule has 1 aromatic carbocycles. The SMILES string of the molecule is Cc1ccc(C)c([S-])c1[S-].[Zn+2]. The van der Waals surface area contributed by atoms with E-state index in [1.807, 2.05) is 26.0 Å². The van der Waals surface area contributed by atoms with Gasteiger partial charge in [-0.3, -0.25) is 0 Å². The quantitative estimate of drug-likeness (QED) is 0.497. The predicted molar refractivity (Wildman–Crippen MR) is 47.2 cm³/mol. The van der Waals surface area contributed by atoms with E-state index in [1.54, 1.807) is 0 Å². The molecule has 0 saturated heterocycles. The maximum atomic E-state index is 5.08. The molecule has 1 aromatic rings. The van der Waals surface area contributed by atoms with Crippen LogP contribution in [0.15, 0.2) is 21.9 Å². The van der Waals surface area contributed by atoms with Gasteiger partial charge in [0.1, 0.15) is 0 Å². The van der Waals surface area contributed by atoms with Gasteiger partial charge in [0.05, 0.1) is 0 Å². The van der Waals surface area contributed by atoms with Gasteiger partial charge in [-0.15, -0.1) is 0 Å². The molecular weight excluding hydrogens is 226 g/mol. The molecule has 0 spiro atoms. The first-order valence-corrected chi connectivity index (χ1v) is 3.89. The number of aryl methyl sites for hydroxylation is 2. The van der Waals surface area contributed by atoms with Crippen molar-refractivity contribution in [3.63, 3.8) is 0 Å². The third-order valence-electron chi connectivity index (χ3n) is 1.51. The number of benzene rings is 1. The van der Waals surface area contributed by atoms with E-state index in [0.29, 0.717) is 0 Å². The maximum absolute atomic E-state index is 5.08. The van der Waals surface area contributed by atoms with Crippen molar-refractivity contribution >= 4 is 25.3 Å². The van der Waals surface area contributed by atoms with Crippen LogP contribution in [0.2, 0.25) is 0 Å². The summed E-state index contributed by atoms with van der Waals surface area (Å²) in [6.07, 6.45) is 0. The third kappa shape index (κ3) is 2.36. The van der Waals surface area contributed by atoms with Gasteiger partial charge in [-0.2, -0.15) is 9.79 Å². The Morgan fingerprint density at radius 2 is 1.18 bits per heavy atom. The molecule has 0 saturated carbocycles. The average Bonchev–Trinajstić information content (AvgIpc) is 1.93. The van der Waals surface area contributed by atoms with Gasteiger partial charge in [0.15, 0.2) is 0 Å². The van der Waals surface area contributed by atoms with Crippen LogP contribution in [0, 0.1) is 13.8 Å². The van der Waals surface area contributed by atoms with E-state index >= 15 is 0 Å². The molecule has 0 radical (unpaired) electrons. The van der Waals surface area contributed by atoms with Gasteiger partial charge in [-0.25, -0.2) is 0 Å². The Bertz CT molecular complexity index is 232. The Labute approximate surface area is 91.4 Å². The molecule has 0 atom stereocenters. The fourth-order valence-corrected chi connectivity index (χ4v) is 1.22. The van der Waals surface area contributed by atoms with Crippen molar-refractivity contribution in [3.8, 4) is 0 Å². The Kier molecular flexibility index (Phi) is 4.46. The Morgan fingerprint density at radius 3 is 1.45 bits per heavy atom. The maximum Gasteiger partial charge on any atom is 2.00 e. The zero-order chi connectivity index (χ0) is 7.72. The molecule has 0 fully saturated rings. The van der Waals surface area contributed by atoms with E-state index in [4.69, 9.17) is 25.3 Å². The van der Waals surface area contributed by atoms with Crippen LogP contribution in [0.1, 0.15) is 11.1 Å². The van der Waals surface area contributed by atoms with Crippen LogP contribution in [0.25, 0.3) is 0 Å². The minimum Gasteiger partial charge on any atom is -0.781 e. The minimum atomic E-state index is 0. The van der Waals surface area contributed by atoms with Crippen molar-refractivity contribution in [2.45, 2.75) is 23.6 Å². The Morgan fingerprint density at radius 1 is 0.909 bits per heavy atom. The third-order valence-corrected chi connectivity index (χ3v) is 2.69. The Hall–Kier alpha value is 0.283. The zero-order valence-electron chi connectivity index (χ0n) is 6.68. The molecule has 0 aliphatic heterocycles. The van der Waals surface area contributed by atoms with E-state index in [1.165, 1.54) is 0 Å². The van der Waals surface area contributed by atoms with Crippen molar-refractivity contribution < 1.29 is 19.5 Å². The van der Waals surface area contributed by atoms with Crippen LogP contribution in [-0.4, -0.2) is 0 Å². The molecule has 0 nitrogen and oxygen atoms in total. The van der Waals surface area contributed by atoms with E-state index in [-0.39, 0.29) is 19.5 Å². The molecule has 0 bridgehead atoms. The molecule has 0 unspecified atom stereocenters. The molecule has 0 aliphatic carbocycles. The average molecular weight is 234 g/mol. The standard InChI is InChI=1S/C8H10S2.Zn/c1-5-3-4-6(2)8(10)7(5)9;/h3-4,9-10H,1-2H3;/q;+2/p-2. The first-order valence-electron chi connectivity index (χ1n) is 3.07. The summed E-state index contributed by atoms with van der Waals surface area (Å²) in [5.74, 6) is 0. The van der Waals surface area contributed by atoms with Gasteiger partial charge >= 0.3 is 19.5 Å². The van der Waals surface area contributed by atoms with Crippen LogP contribution < -0.4 is 0 Å². The van der Waals surface area contributed by atoms with Crippen molar-refractivity contribution in [2.24, 2.45) is 0 Å². The summed E-state index contributed by atoms with van der Waals surface area (Å²) in [5, 5.41) is 0. The zero-order valence-corrected chi connectivity index (χ0v) is 11.3. The molecular formula is C8H8S2Zn. The van der Waals surface area contributed by atoms with Crippen molar-refractivity contribution in [1.82, 2.24) is 0 Å². The summed E-state index contributed by atoms with van der Waals surface area (Å²) in [5.41, 5.74) is 2.20. The van der Waals surface area contributed by atoms with Gasteiger partial charge in [-0.1, -0.05) is 23.3 Å². The molecule has 11 heavy (non-hydrogen) atoms. The van der Waals surface area contributed by atoms with Gasteiger partial charge in [0, 0.05) is 0 Å². The van der Waals surface area contributed by atoms with E-state index in [2.05, 4.69) is 0 Å². The smallest absolute Gasteiger partial charge is 0.781 e. The van der Waals surface area contributed by atoms with E-state index in [0.717, 1.165) is 20.9 Å². The predicted octanol–water partition coefficient (Wildman–Crippen LogP) is 2.11. The molecule has 0 amide bonds. The fourth-order valence-electron chi connectivity index (χ4n) is 0.760. The first kappa shape index (κ1) is 11.3. The monoisotopic (exact) mass is 232 g/mol. The van der Waals surface area contributed by atoms with E-state index in [9.17, 15) is 0 Å². The molecule has 54 valence electrons. The summed E-state index contributed by atoms with van der Waals surface area (Å²) < 4.78 is 0. The number of hydrogen-bond donors (Lipinski definition) is 0. The molecule has 1 rings (SSSR count). The first-order chi connectivity index (χ1) is 4.63. The van der Waals surface area contributed by atoms with Crippen molar-refractivity contribution in [1.29, 1.82) is 0 Å². The second-order valence-electron chi connectivity index (χ2n) is 2.36. The Balaban J connectivity index is 0.000001000. The van der Waals surface area contributed by atoms with E-state index < -0.39 is 0 Å². The van der Waals surface area contributed by atoms with Gasteiger partial charge < -0.3 is 25.3 Å². The van der Waals surface area contributed by atoms with Gasteiger partial charge in [-0.05, 0) is 13.8 Å². The summed E-state index contributed by atoms with van der Waals surface area (Å²) >= 11 is 10.2. The number of hydrogen-bond acceptors (Lipinski definition) is 2. The largest absolute Gasteiger partial charge is 2.00 e. The summed E-state index contributed by atoms with van der Waals surface area (Å²) in [7, 11) is 0. The van der Waals surface area contributed by atoms with Gasteiger partial charge in [0.25, 0.3) is 0 Å². The minimum absolute atomic E-state index is 0. The van der Waals surface area contributed by atoms with Crippen LogP contribution in [-0.2, 0) is 44.7 Å². The van der Waals surface area contributed by atoms with Crippen molar-refractivity contribution in [3.05, 3.63) is 23.3 Å². The summed E-state index contributed by atoms with van der Waals surface area (Å²) in [6.45, 7) is 3.97.